The summed E-state index contributed by atoms with van der Waals surface area (Å²) >= 11 is 1.58. The van der Waals surface area contributed by atoms with Crippen LogP contribution in [0.3, 0.4) is 0 Å². The molecule has 3 rings (SSSR count). The van der Waals surface area contributed by atoms with Crippen molar-refractivity contribution in [1.29, 1.82) is 0 Å². The van der Waals surface area contributed by atoms with E-state index in [1.807, 2.05) is 0 Å². The standard InChI is InChI=1S/C13H13FN2OS/c1-16-12(17)11-9(14)3-2-4-10(11)15-13(16)18-7-8-5-6-8/h2-4,8H,5-7H2,1H3. The Hall–Kier alpha value is -1.36. The number of aromatic nitrogens is 2. The number of hydrogen-bond acceptors (Lipinski definition) is 3. The Morgan fingerprint density at radius 1 is 1.50 bits per heavy atom. The second-order valence-electron chi connectivity index (χ2n) is 4.65. The molecule has 1 heterocycles. The molecule has 5 heteroatoms. The largest absolute Gasteiger partial charge is 0.290 e. The van der Waals surface area contributed by atoms with Crippen LogP contribution in [0, 0.1) is 11.7 Å². The first kappa shape index (κ1) is 11.7. The van der Waals surface area contributed by atoms with Crippen LogP contribution in [-0.2, 0) is 7.05 Å². The van der Waals surface area contributed by atoms with E-state index >= 15 is 0 Å². The van der Waals surface area contributed by atoms with Crippen LogP contribution in [0.5, 0.6) is 0 Å². The summed E-state index contributed by atoms with van der Waals surface area (Å²) in [7, 11) is 1.65. The van der Waals surface area contributed by atoms with Gasteiger partial charge in [0, 0.05) is 12.8 Å². The highest BCUT2D eigenvalue weighted by Crippen LogP contribution is 2.34. The van der Waals surface area contributed by atoms with Crippen LogP contribution in [-0.4, -0.2) is 15.3 Å². The van der Waals surface area contributed by atoms with Gasteiger partial charge in [-0.2, -0.15) is 0 Å². The van der Waals surface area contributed by atoms with Gasteiger partial charge in [-0.25, -0.2) is 9.37 Å². The average Bonchev–Trinajstić information content (AvgIpc) is 3.16. The van der Waals surface area contributed by atoms with Gasteiger partial charge in [0.1, 0.15) is 11.2 Å². The van der Waals surface area contributed by atoms with E-state index in [-0.39, 0.29) is 10.9 Å². The number of hydrogen-bond donors (Lipinski definition) is 0. The van der Waals surface area contributed by atoms with Gasteiger partial charge in [0.25, 0.3) is 5.56 Å². The van der Waals surface area contributed by atoms with Gasteiger partial charge in [0.05, 0.1) is 5.52 Å². The molecule has 0 amide bonds. The summed E-state index contributed by atoms with van der Waals surface area (Å²) in [5.41, 5.74) is 0.132. The van der Waals surface area contributed by atoms with Crippen LogP contribution in [0.1, 0.15) is 12.8 Å². The van der Waals surface area contributed by atoms with Crippen molar-refractivity contribution in [2.75, 3.05) is 5.75 Å². The lowest BCUT2D eigenvalue weighted by atomic mass is 10.2. The Balaban J connectivity index is 2.10. The van der Waals surface area contributed by atoms with Crippen molar-refractivity contribution in [2.24, 2.45) is 13.0 Å². The van der Waals surface area contributed by atoms with Crippen molar-refractivity contribution in [3.63, 3.8) is 0 Å². The molecule has 0 spiro atoms. The minimum Gasteiger partial charge on any atom is -0.290 e. The monoisotopic (exact) mass is 264 g/mol. The van der Waals surface area contributed by atoms with Crippen molar-refractivity contribution < 1.29 is 4.39 Å². The Labute approximate surface area is 108 Å². The predicted octanol–water partition coefficient (Wildman–Crippen LogP) is 2.57. The van der Waals surface area contributed by atoms with Crippen molar-refractivity contribution >= 4 is 22.7 Å². The molecule has 18 heavy (non-hydrogen) atoms. The van der Waals surface area contributed by atoms with E-state index in [1.165, 1.54) is 23.5 Å². The third-order valence-electron chi connectivity index (χ3n) is 3.16. The van der Waals surface area contributed by atoms with Crippen molar-refractivity contribution in [2.45, 2.75) is 18.0 Å². The maximum Gasteiger partial charge on any atom is 0.264 e. The SMILES string of the molecule is Cn1c(SCC2CC2)nc2cccc(F)c2c1=O. The van der Waals surface area contributed by atoms with Crippen LogP contribution < -0.4 is 5.56 Å². The Kier molecular flexibility index (Phi) is 2.86. The number of rotatable bonds is 3. The number of thioether (sulfide) groups is 1. The van der Waals surface area contributed by atoms with Crippen LogP contribution in [0.4, 0.5) is 4.39 Å². The van der Waals surface area contributed by atoms with E-state index in [0.717, 1.165) is 11.7 Å². The third-order valence-corrected chi connectivity index (χ3v) is 4.42. The maximum absolute atomic E-state index is 13.6. The van der Waals surface area contributed by atoms with E-state index < -0.39 is 5.82 Å². The Bertz CT molecular complexity index is 664. The highest BCUT2D eigenvalue weighted by atomic mass is 32.2. The van der Waals surface area contributed by atoms with Gasteiger partial charge in [0.15, 0.2) is 5.16 Å². The Morgan fingerprint density at radius 2 is 2.28 bits per heavy atom. The van der Waals surface area contributed by atoms with Gasteiger partial charge in [-0.1, -0.05) is 17.8 Å². The van der Waals surface area contributed by atoms with Crippen LogP contribution in [0.15, 0.2) is 28.2 Å². The summed E-state index contributed by atoms with van der Waals surface area (Å²) in [5.74, 6) is 1.25. The molecule has 3 nitrogen and oxygen atoms in total. The first-order valence-corrected chi connectivity index (χ1v) is 6.93. The first-order valence-electron chi connectivity index (χ1n) is 5.95. The van der Waals surface area contributed by atoms with Gasteiger partial charge < -0.3 is 0 Å². The summed E-state index contributed by atoms with van der Waals surface area (Å²) in [6.45, 7) is 0. The van der Waals surface area contributed by atoms with Crippen molar-refractivity contribution in [3.8, 4) is 0 Å². The highest BCUT2D eigenvalue weighted by Gasteiger charge is 2.22. The van der Waals surface area contributed by atoms with E-state index in [2.05, 4.69) is 4.98 Å². The van der Waals surface area contributed by atoms with Gasteiger partial charge in [-0.05, 0) is 30.9 Å². The molecule has 1 aliphatic carbocycles. The molecule has 0 bridgehead atoms. The second kappa shape index (κ2) is 4.39. The van der Waals surface area contributed by atoms with E-state index in [0.29, 0.717) is 10.7 Å². The van der Waals surface area contributed by atoms with Crippen LogP contribution in [0.25, 0.3) is 10.9 Å². The molecular weight excluding hydrogens is 251 g/mol. The summed E-state index contributed by atoms with van der Waals surface area (Å²) < 4.78 is 15.1. The lowest BCUT2D eigenvalue weighted by Gasteiger charge is -2.08. The number of benzene rings is 1. The summed E-state index contributed by atoms with van der Waals surface area (Å²) in [4.78, 5) is 16.5. The molecule has 1 fully saturated rings. The molecule has 0 N–H and O–H groups in total. The fourth-order valence-electron chi connectivity index (χ4n) is 1.86. The molecule has 0 radical (unpaired) electrons. The van der Waals surface area contributed by atoms with E-state index in [4.69, 9.17) is 0 Å². The lowest BCUT2D eigenvalue weighted by Crippen LogP contribution is -2.21. The fraction of sp³-hybridized carbons (Fsp3) is 0.385. The zero-order chi connectivity index (χ0) is 12.7. The molecule has 1 saturated carbocycles. The molecule has 1 aliphatic rings. The molecule has 0 aliphatic heterocycles. The normalized spacial score (nSPS) is 15.2. The first-order chi connectivity index (χ1) is 8.66. The number of halogens is 1. The predicted molar refractivity (Wildman–Crippen MR) is 70.4 cm³/mol. The van der Waals surface area contributed by atoms with Gasteiger partial charge in [0.2, 0.25) is 0 Å². The average molecular weight is 264 g/mol. The molecule has 0 saturated heterocycles. The quantitative estimate of drug-likeness (QED) is 0.631. The zero-order valence-electron chi connectivity index (χ0n) is 10.0. The third kappa shape index (κ3) is 2.03. The minimum absolute atomic E-state index is 0.0794. The van der Waals surface area contributed by atoms with Crippen molar-refractivity contribution in [1.82, 2.24) is 9.55 Å². The molecule has 2 aromatic rings. The summed E-state index contributed by atoms with van der Waals surface area (Å²) in [6, 6.07) is 4.56. The fourth-order valence-corrected chi connectivity index (χ4v) is 3.01. The maximum atomic E-state index is 13.6. The molecule has 0 atom stereocenters. The molecule has 0 unspecified atom stereocenters. The molecule has 94 valence electrons. The van der Waals surface area contributed by atoms with Gasteiger partial charge >= 0.3 is 0 Å². The van der Waals surface area contributed by atoms with Crippen molar-refractivity contribution in [3.05, 3.63) is 34.4 Å². The number of nitrogens with zero attached hydrogens (tertiary/aromatic N) is 2. The summed E-state index contributed by atoms with van der Waals surface area (Å²) in [6.07, 6.45) is 2.53. The van der Waals surface area contributed by atoms with Gasteiger partial charge in [-0.3, -0.25) is 9.36 Å². The lowest BCUT2D eigenvalue weighted by molar-refractivity contribution is 0.632. The second-order valence-corrected chi connectivity index (χ2v) is 5.63. The topological polar surface area (TPSA) is 34.9 Å². The molecule has 1 aromatic heterocycles. The zero-order valence-corrected chi connectivity index (χ0v) is 10.8. The van der Waals surface area contributed by atoms with E-state index in [9.17, 15) is 9.18 Å². The highest BCUT2D eigenvalue weighted by molar-refractivity contribution is 7.99. The van der Waals surface area contributed by atoms with E-state index in [1.54, 1.807) is 30.9 Å². The van der Waals surface area contributed by atoms with Crippen LogP contribution >= 0.6 is 11.8 Å². The number of fused-ring (bicyclic) bond motifs is 1. The molecular formula is C13H13FN2OS. The Morgan fingerprint density at radius 3 is 3.00 bits per heavy atom. The smallest absolute Gasteiger partial charge is 0.264 e. The van der Waals surface area contributed by atoms with Gasteiger partial charge in [-0.15, -0.1) is 0 Å². The van der Waals surface area contributed by atoms with Crippen LogP contribution in [0.2, 0.25) is 0 Å². The minimum atomic E-state index is -0.501. The summed E-state index contributed by atoms with van der Waals surface area (Å²) in [5, 5.41) is 0.751. The molecule has 1 aromatic carbocycles.